The van der Waals surface area contributed by atoms with Crippen molar-refractivity contribution in [1.29, 1.82) is 0 Å². The molecule has 3 nitrogen and oxygen atoms in total. The first-order valence-electron chi connectivity index (χ1n) is 9.84. The number of ether oxygens (including phenoxy) is 1. The molecule has 1 aliphatic carbocycles. The second kappa shape index (κ2) is 8.88. The van der Waals surface area contributed by atoms with E-state index < -0.39 is 6.10 Å². The molecule has 138 valence electrons. The lowest BCUT2D eigenvalue weighted by Gasteiger charge is -2.22. The van der Waals surface area contributed by atoms with Gasteiger partial charge in [0.1, 0.15) is 5.75 Å². The van der Waals surface area contributed by atoms with Crippen LogP contribution in [0.1, 0.15) is 56.2 Å². The van der Waals surface area contributed by atoms with Crippen LogP contribution in [-0.4, -0.2) is 12.0 Å². The molecule has 0 heterocycles. The molecule has 1 N–H and O–H groups in total. The highest BCUT2D eigenvalue weighted by molar-refractivity contribution is 5.94. The Morgan fingerprint density at radius 2 is 1.88 bits per heavy atom. The fourth-order valence-corrected chi connectivity index (χ4v) is 3.48. The van der Waals surface area contributed by atoms with Crippen LogP contribution in [0.5, 0.6) is 5.75 Å². The maximum Gasteiger partial charge on any atom is 0.265 e. The second-order valence-corrected chi connectivity index (χ2v) is 7.15. The van der Waals surface area contributed by atoms with Crippen molar-refractivity contribution in [3.05, 3.63) is 59.2 Å². The van der Waals surface area contributed by atoms with Gasteiger partial charge in [0.2, 0.25) is 0 Å². The van der Waals surface area contributed by atoms with E-state index in [9.17, 15) is 4.79 Å². The highest BCUT2D eigenvalue weighted by Crippen LogP contribution is 2.30. The molecule has 1 aliphatic rings. The number of nitrogens with one attached hydrogen (secondary N) is 1. The fourth-order valence-electron chi connectivity index (χ4n) is 3.48. The maximum atomic E-state index is 12.5. The van der Waals surface area contributed by atoms with Crippen LogP contribution >= 0.6 is 0 Å². The van der Waals surface area contributed by atoms with Gasteiger partial charge in [-0.1, -0.05) is 37.6 Å². The Hall–Kier alpha value is -2.29. The Morgan fingerprint density at radius 1 is 1.12 bits per heavy atom. The average Bonchev–Trinajstić information content (AvgIpc) is 2.67. The quantitative estimate of drug-likeness (QED) is 0.734. The number of aryl methyl sites for hydroxylation is 2. The summed E-state index contributed by atoms with van der Waals surface area (Å²) < 4.78 is 6.01. The van der Waals surface area contributed by atoms with Gasteiger partial charge in [0.25, 0.3) is 5.91 Å². The minimum Gasteiger partial charge on any atom is -0.481 e. The average molecular weight is 351 g/mol. The molecule has 0 radical (unpaired) electrons. The van der Waals surface area contributed by atoms with Gasteiger partial charge in [0.05, 0.1) is 0 Å². The molecule has 0 fully saturated rings. The smallest absolute Gasteiger partial charge is 0.265 e. The molecular weight excluding hydrogens is 322 g/mol. The van der Waals surface area contributed by atoms with Crippen LogP contribution in [0.4, 0.5) is 5.69 Å². The first-order valence-corrected chi connectivity index (χ1v) is 9.84. The van der Waals surface area contributed by atoms with Gasteiger partial charge >= 0.3 is 0 Å². The first kappa shape index (κ1) is 18.5. The molecule has 0 aliphatic heterocycles. The van der Waals surface area contributed by atoms with Crippen LogP contribution < -0.4 is 10.1 Å². The van der Waals surface area contributed by atoms with E-state index in [-0.39, 0.29) is 5.91 Å². The Labute approximate surface area is 156 Å². The molecule has 2 aromatic rings. The van der Waals surface area contributed by atoms with E-state index in [2.05, 4.69) is 30.4 Å². The van der Waals surface area contributed by atoms with Crippen LogP contribution in [0.25, 0.3) is 0 Å². The van der Waals surface area contributed by atoms with E-state index in [0.717, 1.165) is 30.7 Å². The Balaban J connectivity index is 1.60. The van der Waals surface area contributed by atoms with E-state index in [1.807, 2.05) is 31.2 Å². The fraction of sp³-hybridized carbons (Fsp3) is 0.435. The van der Waals surface area contributed by atoms with Crippen molar-refractivity contribution < 1.29 is 9.53 Å². The normalized spacial score (nSPS) is 14.4. The topological polar surface area (TPSA) is 38.3 Å². The van der Waals surface area contributed by atoms with Gasteiger partial charge in [-0.15, -0.1) is 0 Å². The summed E-state index contributed by atoms with van der Waals surface area (Å²) in [6.07, 6.45) is 7.52. The number of rotatable bonds is 7. The summed E-state index contributed by atoms with van der Waals surface area (Å²) in [5.74, 6) is 0.750. The van der Waals surface area contributed by atoms with Crippen molar-refractivity contribution in [2.75, 3.05) is 5.32 Å². The molecule has 1 unspecified atom stereocenters. The predicted molar refractivity (Wildman–Crippen MR) is 107 cm³/mol. The number of hydrogen-bond acceptors (Lipinski definition) is 2. The summed E-state index contributed by atoms with van der Waals surface area (Å²) in [7, 11) is 0. The number of anilines is 1. The molecule has 0 spiro atoms. The summed E-state index contributed by atoms with van der Waals surface area (Å²) in [5, 5.41) is 2.96. The van der Waals surface area contributed by atoms with Crippen LogP contribution in [-0.2, 0) is 24.1 Å². The van der Waals surface area contributed by atoms with Gasteiger partial charge in [-0.3, -0.25) is 4.79 Å². The zero-order chi connectivity index (χ0) is 18.4. The minimum atomic E-state index is -0.525. The van der Waals surface area contributed by atoms with Gasteiger partial charge in [0, 0.05) is 5.69 Å². The largest absolute Gasteiger partial charge is 0.481 e. The predicted octanol–water partition coefficient (Wildman–Crippen LogP) is 5.31. The molecule has 0 saturated heterocycles. The van der Waals surface area contributed by atoms with E-state index in [4.69, 9.17) is 4.74 Å². The summed E-state index contributed by atoms with van der Waals surface area (Å²) in [5.41, 5.74) is 4.77. The van der Waals surface area contributed by atoms with Crippen molar-refractivity contribution in [2.45, 2.75) is 64.9 Å². The summed E-state index contributed by atoms with van der Waals surface area (Å²) in [6.45, 7) is 4.01. The van der Waals surface area contributed by atoms with Gasteiger partial charge in [-0.05, 0) is 80.3 Å². The molecule has 2 aromatic carbocycles. The number of fused-ring (bicyclic) bond motifs is 1. The summed E-state index contributed by atoms with van der Waals surface area (Å²) in [4.78, 5) is 12.5. The van der Waals surface area contributed by atoms with Crippen LogP contribution in [0, 0.1) is 0 Å². The maximum absolute atomic E-state index is 12.5. The zero-order valence-corrected chi connectivity index (χ0v) is 15.9. The summed E-state index contributed by atoms with van der Waals surface area (Å²) >= 11 is 0. The molecule has 0 aromatic heterocycles. The Bertz CT molecular complexity index is 736. The zero-order valence-electron chi connectivity index (χ0n) is 15.9. The molecule has 3 rings (SSSR count). The number of carbonyl (C=O) groups excluding carboxylic acids is 1. The van der Waals surface area contributed by atoms with Gasteiger partial charge in [-0.25, -0.2) is 0 Å². The van der Waals surface area contributed by atoms with Gasteiger partial charge in [0.15, 0.2) is 6.10 Å². The van der Waals surface area contributed by atoms with E-state index in [1.165, 1.54) is 42.4 Å². The van der Waals surface area contributed by atoms with E-state index in [0.29, 0.717) is 0 Å². The van der Waals surface area contributed by atoms with Crippen molar-refractivity contribution in [1.82, 2.24) is 0 Å². The number of hydrogen-bond donors (Lipinski definition) is 1. The number of carbonyl (C=O) groups is 1. The molecule has 1 amide bonds. The standard InChI is InChI=1S/C23H29NO2/c1-3-4-8-18-13-15-20(16-14-18)24-23(25)17(2)26-22-12-7-10-19-9-5-6-11-21(19)22/h7,10,12-17H,3-6,8-9,11H2,1-2H3,(H,24,25). The van der Waals surface area contributed by atoms with E-state index >= 15 is 0 Å². The van der Waals surface area contributed by atoms with Crippen molar-refractivity contribution in [3.8, 4) is 5.75 Å². The molecule has 26 heavy (non-hydrogen) atoms. The third-order valence-electron chi connectivity index (χ3n) is 5.07. The van der Waals surface area contributed by atoms with Crippen LogP contribution in [0.15, 0.2) is 42.5 Å². The van der Waals surface area contributed by atoms with Gasteiger partial charge in [-0.2, -0.15) is 0 Å². The third kappa shape index (κ3) is 4.66. The number of benzene rings is 2. The van der Waals surface area contributed by atoms with Crippen molar-refractivity contribution in [3.63, 3.8) is 0 Å². The number of unbranched alkanes of at least 4 members (excludes halogenated alkanes) is 1. The highest BCUT2D eigenvalue weighted by Gasteiger charge is 2.19. The molecule has 3 heteroatoms. The lowest BCUT2D eigenvalue weighted by Crippen LogP contribution is -2.30. The van der Waals surface area contributed by atoms with E-state index in [1.54, 1.807) is 0 Å². The van der Waals surface area contributed by atoms with Crippen LogP contribution in [0.3, 0.4) is 0 Å². The van der Waals surface area contributed by atoms with Gasteiger partial charge < -0.3 is 10.1 Å². The minimum absolute atomic E-state index is 0.111. The monoisotopic (exact) mass is 351 g/mol. The number of amides is 1. The summed E-state index contributed by atoms with van der Waals surface area (Å²) in [6, 6.07) is 14.3. The van der Waals surface area contributed by atoms with Crippen molar-refractivity contribution in [2.24, 2.45) is 0 Å². The SMILES string of the molecule is CCCCc1ccc(NC(=O)C(C)Oc2cccc3c2CCCC3)cc1. The first-order chi connectivity index (χ1) is 12.7. The lowest BCUT2D eigenvalue weighted by molar-refractivity contribution is -0.122. The molecule has 0 saturated carbocycles. The Morgan fingerprint density at radius 3 is 2.65 bits per heavy atom. The molecular formula is C23H29NO2. The molecule has 0 bridgehead atoms. The Kier molecular flexibility index (Phi) is 6.32. The van der Waals surface area contributed by atoms with Crippen molar-refractivity contribution >= 4 is 11.6 Å². The second-order valence-electron chi connectivity index (χ2n) is 7.15. The third-order valence-corrected chi connectivity index (χ3v) is 5.07. The lowest BCUT2D eigenvalue weighted by atomic mass is 9.91. The highest BCUT2D eigenvalue weighted by atomic mass is 16.5. The molecule has 1 atom stereocenters. The van der Waals surface area contributed by atoms with Crippen LogP contribution in [0.2, 0.25) is 0 Å².